The van der Waals surface area contributed by atoms with Crippen LogP contribution in [0.2, 0.25) is 0 Å². The second kappa shape index (κ2) is 9.28. The maximum absolute atomic E-state index is 12.3. The van der Waals surface area contributed by atoms with E-state index in [-0.39, 0.29) is 18.3 Å². The summed E-state index contributed by atoms with van der Waals surface area (Å²) in [5, 5.41) is 3.41. The normalized spacial score (nSPS) is 17.5. The summed E-state index contributed by atoms with van der Waals surface area (Å²) in [5.41, 5.74) is 2.23. The highest BCUT2D eigenvalue weighted by molar-refractivity contribution is 7.99. The number of amides is 1. The fourth-order valence-electron chi connectivity index (χ4n) is 2.52. The number of nitrogens with zero attached hydrogens (tertiary/aromatic N) is 1. The van der Waals surface area contributed by atoms with Crippen molar-refractivity contribution in [3.05, 3.63) is 29.3 Å². The van der Waals surface area contributed by atoms with Crippen LogP contribution in [0.25, 0.3) is 0 Å². The Balaban J connectivity index is 0.00000242. The van der Waals surface area contributed by atoms with Gasteiger partial charge in [0.25, 0.3) is 0 Å². The van der Waals surface area contributed by atoms with Gasteiger partial charge in [0.05, 0.1) is 7.11 Å². The number of nitrogens with one attached hydrogen (secondary N) is 1. The summed E-state index contributed by atoms with van der Waals surface area (Å²) in [6.45, 7) is 3.67. The second-order valence-corrected chi connectivity index (χ2v) is 6.63. The molecule has 0 spiro atoms. The number of hydrogen-bond acceptors (Lipinski definition) is 4. The third-order valence-corrected chi connectivity index (χ3v) is 4.86. The summed E-state index contributed by atoms with van der Waals surface area (Å²) in [6, 6.07) is 6.38. The number of carbonyl (C=O) groups is 1. The Hall–Kier alpha value is -0.910. The topological polar surface area (TPSA) is 41.6 Å². The standard InChI is InChI=1S/C16H24N2O2S.ClH/c1-12-8-13(4-5-15(12)20-3)10-18(2)16(19)9-14-11-21-7-6-17-14;/h4-5,8,14,17H,6-7,9-11H2,1-3H3;1H. The van der Waals surface area contributed by atoms with Crippen LogP contribution in [0.3, 0.4) is 0 Å². The molecule has 1 heterocycles. The van der Waals surface area contributed by atoms with Gasteiger partial charge in [-0.2, -0.15) is 11.8 Å². The fourth-order valence-corrected chi connectivity index (χ4v) is 3.47. The van der Waals surface area contributed by atoms with E-state index in [1.165, 1.54) is 0 Å². The molecule has 1 aromatic rings. The lowest BCUT2D eigenvalue weighted by Gasteiger charge is -2.25. The average Bonchev–Trinajstić information content (AvgIpc) is 2.48. The zero-order valence-corrected chi connectivity index (χ0v) is 15.1. The van der Waals surface area contributed by atoms with Crippen LogP contribution in [0, 0.1) is 6.92 Å². The van der Waals surface area contributed by atoms with Gasteiger partial charge in [-0.25, -0.2) is 0 Å². The highest BCUT2D eigenvalue weighted by Crippen LogP contribution is 2.19. The molecule has 1 fully saturated rings. The molecule has 0 radical (unpaired) electrons. The van der Waals surface area contributed by atoms with Crippen molar-refractivity contribution in [2.75, 3.05) is 32.2 Å². The highest BCUT2D eigenvalue weighted by atomic mass is 35.5. The van der Waals surface area contributed by atoms with Crippen LogP contribution in [-0.2, 0) is 11.3 Å². The molecule has 6 heteroatoms. The van der Waals surface area contributed by atoms with Crippen molar-refractivity contribution in [3.8, 4) is 5.75 Å². The molecule has 0 aliphatic carbocycles. The summed E-state index contributed by atoms with van der Waals surface area (Å²) in [7, 11) is 3.55. The van der Waals surface area contributed by atoms with Gasteiger partial charge in [0.1, 0.15) is 5.75 Å². The van der Waals surface area contributed by atoms with E-state index in [1.54, 1.807) is 7.11 Å². The molecule has 1 unspecified atom stereocenters. The van der Waals surface area contributed by atoms with Crippen LogP contribution in [-0.4, -0.2) is 49.1 Å². The van der Waals surface area contributed by atoms with Gasteiger partial charge < -0.3 is 15.0 Å². The van der Waals surface area contributed by atoms with Gasteiger partial charge in [-0.1, -0.05) is 12.1 Å². The first-order valence-electron chi connectivity index (χ1n) is 7.28. The molecule has 4 nitrogen and oxygen atoms in total. The molecule has 0 aromatic heterocycles. The minimum absolute atomic E-state index is 0. The van der Waals surface area contributed by atoms with Crippen molar-refractivity contribution in [3.63, 3.8) is 0 Å². The van der Waals surface area contributed by atoms with Crippen molar-refractivity contribution in [2.45, 2.75) is 25.9 Å². The molecule has 1 N–H and O–H groups in total. The van der Waals surface area contributed by atoms with E-state index < -0.39 is 0 Å². The van der Waals surface area contributed by atoms with Crippen molar-refractivity contribution in [2.24, 2.45) is 0 Å². The Kier molecular flexibility index (Phi) is 8.07. The van der Waals surface area contributed by atoms with Crippen LogP contribution in [0.5, 0.6) is 5.75 Å². The predicted molar refractivity (Wildman–Crippen MR) is 95.2 cm³/mol. The molecule has 2 rings (SSSR count). The van der Waals surface area contributed by atoms with Crippen molar-refractivity contribution in [1.29, 1.82) is 0 Å². The Bertz CT molecular complexity index is 493. The number of halogens is 1. The summed E-state index contributed by atoms with van der Waals surface area (Å²) in [6.07, 6.45) is 0.582. The Morgan fingerprint density at radius 3 is 2.86 bits per heavy atom. The first-order valence-corrected chi connectivity index (χ1v) is 8.44. The monoisotopic (exact) mass is 344 g/mol. The summed E-state index contributed by atoms with van der Waals surface area (Å²) in [4.78, 5) is 14.1. The highest BCUT2D eigenvalue weighted by Gasteiger charge is 2.19. The third-order valence-electron chi connectivity index (χ3n) is 3.72. The van der Waals surface area contributed by atoms with Crippen LogP contribution in [0.15, 0.2) is 18.2 Å². The van der Waals surface area contributed by atoms with E-state index in [9.17, 15) is 4.79 Å². The van der Waals surface area contributed by atoms with Crippen LogP contribution < -0.4 is 10.1 Å². The molecule has 1 saturated heterocycles. The van der Waals surface area contributed by atoms with Gasteiger partial charge in [0.15, 0.2) is 0 Å². The van der Waals surface area contributed by atoms with Gasteiger partial charge in [-0.15, -0.1) is 12.4 Å². The zero-order valence-electron chi connectivity index (χ0n) is 13.4. The first kappa shape index (κ1) is 19.1. The Morgan fingerprint density at radius 2 is 2.27 bits per heavy atom. The lowest BCUT2D eigenvalue weighted by Crippen LogP contribution is -2.41. The van der Waals surface area contributed by atoms with E-state index in [1.807, 2.05) is 42.8 Å². The summed E-state index contributed by atoms with van der Waals surface area (Å²) >= 11 is 1.92. The average molecular weight is 345 g/mol. The molecule has 22 heavy (non-hydrogen) atoms. The van der Waals surface area contributed by atoms with E-state index in [2.05, 4.69) is 11.4 Å². The number of ether oxygens (including phenoxy) is 1. The van der Waals surface area contributed by atoms with Crippen molar-refractivity contribution >= 4 is 30.1 Å². The van der Waals surface area contributed by atoms with Crippen LogP contribution >= 0.6 is 24.2 Å². The molecule has 1 atom stereocenters. The smallest absolute Gasteiger partial charge is 0.224 e. The predicted octanol–water partition coefficient (Wildman–Crippen LogP) is 2.48. The number of methoxy groups -OCH3 is 1. The lowest BCUT2D eigenvalue weighted by molar-refractivity contribution is -0.130. The maximum atomic E-state index is 12.3. The molecular formula is C16H25ClN2O2S. The Labute approximate surface area is 143 Å². The largest absolute Gasteiger partial charge is 0.496 e. The van der Waals surface area contributed by atoms with E-state index in [0.717, 1.165) is 34.9 Å². The minimum Gasteiger partial charge on any atom is -0.496 e. The van der Waals surface area contributed by atoms with Crippen LogP contribution in [0.4, 0.5) is 0 Å². The van der Waals surface area contributed by atoms with Crippen molar-refractivity contribution in [1.82, 2.24) is 10.2 Å². The first-order chi connectivity index (χ1) is 10.1. The van der Waals surface area contributed by atoms with Gasteiger partial charge >= 0.3 is 0 Å². The van der Waals surface area contributed by atoms with E-state index >= 15 is 0 Å². The molecule has 0 saturated carbocycles. The molecule has 0 bridgehead atoms. The van der Waals surface area contributed by atoms with Gasteiger partial charge in [0, 0.05) is 44.1 Å². The number of hydrogen-bond donors (Lipinski definition) is 1. The van der Waals surface area contributed by atoms with E-state index in [4.69, 9.17) is 4.74 Å². The summed E-state index contributed by atoms with van der Waals surface area (Å²) < 4.78 is 5.26. The SMILES string of the molecule is COc1ccc(CN(C)C(=O)CC2CSCCN2)cc1C.Cl. The lowest BCUT2D eigenvalue weighted by atomic mass is 10.1. The molecule has 1 aliphatic rings. The molecule has 1 aliphatic heterocycles. The Morgan fingerprint density at radius 1 is 1.50 bits per heavy atom. The number of carbonyl (C=O) groups excluding carboxylic acids is 1. The number of thioether (sulfide) groups is 1. The van der Waals surface area contributed by atoms with Gasteiger partial charge in [0.2, 0.25) is 5.91 Å². The number of benzene rings is 1. The van der Waals surface area contributed by atoms with Crippen molar-refractivity contribution < 1.29 is 9.53 Å². The number of rotatable bonds is 5. The zero-order chi connectivity index (χ0) is 15.2. The summed E-state index contributed by atoms with van der Waals surface area (Å²) in [5.74, 6) is 3.26. The van der Waals surface area contributed by atoms with Gasteiger partial charge in [-0.3, -0.25) is 4.79 Å². The number of aryl methyl sites for hydroxylation is 1. The second-order valence-electron chi connectivity index (χ2n) is 5.48. The molecule has 1 amide bonds. The molecule has 1 aromatic carbocycles. The quantitative estimate of drug-likeness (QED) is 0.891. The molecular weight excluding hydrogens is 320 g/mol. The third kappa shape index (κ3) is 5.38. The fraction of sp³-hybridized carbons (Fsp3) is 0.562. The maximum Gasteiger partial charge on any atom is 0.224 e. The van der Waals surface area contributed by atoms with Crippen LogP contribution in [0.1, 0.15) is 17.5 Å². The van der Waals surface area contributed by atoms with Gasteiger partial charge in [-0.05, 0) is 24.1 Å². The van der Waals surface area contributed by atoms with E-state index in [0.29, 0.717) is 19.0 Å². The molecule has 124 valence electrons. The minimum atomic E-state index is 0.